The molecule has 2 aromatic rings. The van der Waals surface area contributed by atoms with Gasteiger partial charge in [0.15, 0.2) is 12.4 Å². The van der Waals surface area contributed by atoms with Crippen molar-refractivity contribution in [3.8, 4) is 5.75 Å². The zero-order valence-electron chi connectivity index (χ0n) is 9.93. The molecule has 0 bridgehead atoms. The van der Waals surface area contributed by atoms with E-state index in [0.29, 0.717) is 6.61 Å². The van der Waals surface area contributed by atoms with Gasteiger partial charge in [-0.05, 0) is 23.6 Å². The Bertz CT molecular complexity index is 533. The molecule has 1 atom stereocenters. The van der Waals surface area contributed by atoms with Crippen LogP contribution in [-0.2, 0) is 11.8 Å². The molecule has 0 radical (unpaired) electrons. The van der Waals surface area contributed by atoms with E-state index in [1.807, 2.05) is 23.9 Å². The summed E-state index contributed by atoms with van der Waals surface area (Å²) in [7, 11) is 2.03. The van der Waals surface area contributed by atoms with E-state index in [2.05, 4.69) is 24.4 Å². The maximum absolute atomic E-state index is 5.88. The van der Waals surface area contributed by atoms with Crippen LogP contribution in [0.1, 0.15) is 6.42 Å². The van der Waals surface area contributed by atoms with Gasteiger partial charge in [0.2, 0.25) is 0 Å². The molecule has 1 unspecified atom stereocenters. The van der Waals surface area contributed by atoms with Crippen LogP contribution in [0.15, 0.2) is 36.7 Å². The number of aromatic nitrogens is 1. The van der Waals surface area contributed by atoms with Crippen LogP contribution in [0.4, 0.5) is 0 Å². The number of pyridine rings is 1. The quantitative estimate of drug-likeness (QED) is 0.734. The third-order valence-corrected chi connectivity index (χ3v) is 3.08. The molecule has 0 saturated carbocycles. The maximum Gasteiger partial charge on any atom is 0.176 e. The summed E-state index contributed by atoms with van der Waals surface area (Å²) in [6, 6.07) is 8.32. The second-order valence-corrected chi connectivity index (χ2v) is 4.50. The topological polar surface area (TPSA) is 22.3 Å². The number of hydrogen-bond donors (Lipinski definition) is 0. The molecular formula is C14H16NO2+. The average molecular weight is 230 g/mol. The van der Waals surface area contributed by atoms with Crippen LogP contribution in [0.5, 0.6) is 5.75 Å². The molecule has 1 aliphatic heterocycles. The molecule has 3 heteroatoms. The summed E-state index contributed by atoms with van der Waals surface area (Å²) < 4.78 is 13.2. The van der Waals surface area contributed by atoms with E-state index < -0.39 is 0 Å². The molecule has 0 amide bonds. The Morgan fingerprint density at radius 3 is 3.06 bits per heavy atom. The number of nitrogens with zero attached hydrogens (tertiary/aromatic N) is 1. The van der Waals surface area contributed by atoms with Crippen LogP contribution >= 0.6 is 0 Å². The van der Waals surface area contributed by atoms with Gasteiger partial charge in [0, 0.05) is 17.9 Å². The van der Waals surface area contributed by atoms with Gasteiger partial charge in [-0.1, -0.05) is 0 Å². The number of ether oxygens (including phenoxy) is 2. The first-order chi connectivity index (χ1) is 8.31. The van der Waals surface area contributed by atoms with Crippen molar-refractivity contribution in [2.24, 2.45) is 7.05 Å². The number of rotatable bonds is 2. The predicted octanol–water partition coefficient (Wildman–Crippen LogP) is 1.83. The van der Waals surface area contributed by atoms with E-state index in [0.717, 1.165) is 18.8 Å². The van der Waals surface area contributed by atoms with Gasteiger partial charge in [-0.2, -0.15) is 0 Å². The van der Waals surface area contributed by atoms with Crippen molar-refractivity contribution in [1.82, 2.24) is 0 Å². The monoisotopic (exact) mass is 230 g/mol. The van der Waals surface area contributed by atoms with Crippen molar-refractivity contribution >= 4 is 10.8 Å². The standard InChI is InChI=1S/C14H16NO2/c1-15-6-4-11-8-13(3-2-12(11)9-15)17-14-5-7-16-10-14/h2-4,6,8-9,14H,5,7,10H2,1H3/q+1. The van der Waals surface area contributed by atoms with E-state index >= 15 is 0 Å². The molecule has 0 aliphatic carbocycles. The minimum atomic E-state index is 0.215. The van der Waals surface area contributed by atoms with Crippen LogP contribution in [0.25, 0.3) is 10.8 Å². The zero-order valence-corrected chi connectivity index (χ0v) is 9.93. The van der Waals surface area contributed by atoms with E-state index in [9.17, 15) is 0 Å². The Labute approximate surface area is 101 Å². The Morgan fingerprint density at radius 2 is 2.24 bits per heavy atom. The number of aryl methyl sites for hydroxylation is 1. The van der Waals surface area contributed by atoms with Crippen molar-refractivity contribution in [3.63, 3.8) is 0 Å². The summed E-state index contributed by atoms with van der Waals surface area (Å²) in [5.41, 5.74) is 0. The first kappa shape index (κ1) is 10.5. The van der Waals surface area contributed by atoms with Gasteiger partial charge in [0.25, 0.3) is 0 Å². The summed E-state index contributed by atoms with van der Waals surface area (Å²) in [4.78, 5) is 0. The smallest absolute Gasteiger partial charge is 0.176 e. The van der Waals surface area contributed by atoms with Crippen LogP contribution in [0, 0.1) is 0 Å². The Balaban J connectivity index is 1.88. The van der Waals surface area contributed by atoms with Gasteiger partial charge in [-0.25, -0.2) is 4.57 Å². The molecule has 3 rings (SSSR count). The third kappa shape index (κ3) is 2.24. The van der Waals surface area contributed by atoms with Crippen molar-refractivity contribution in [3.05, 3.63) is 36.7 Å². The van der Waals surface area contributed by atoms with Gasteiger partial charge in [-0.15, -0.1) is 0 Å². The second kappa shape index (κ2) is 4.34. The largest absolute Gasteiger partial charge is 0.488 e. The predicted molar refractivity (Wildman–Crippen MR) is 65.0 cm³/mol. The van der Waals surface area contributed by atoms with Gasteiger partial charge < -0.3 is 9.47 Å². The van der Waals surface area contributed by atoms with Crippen molar-refractivity contribution < 1.29 is 14.0 Å². The highest BCUT2D eigenvalue weighted by molar-refractivity contribution is 5.82. The van der Waals surface area contributed by atoms with Gasteiger partial charge >= 0.3 is 0 Å². The van der Waals surface area contributed by atoms with Crippen molar-refractivity contribution in [1.29, 1.82) is 0 Å². The first-order valence-corrected chi connectivity index (χ1v) is 5.95. The lowest BCUT2D eigenvalue weighted by Gasteiger charge is -2.11. The molecule has 88 valence electrons. The number of benzene rings is 1. The normalized spacial score (nSPS) is 19.7. The molecule has 1 aromatic heterocycles. The molecule has 1 fully saturated rings. The SMILES string of the molecule is C[n+]1ccc2cc(OC3CCOC3)ccc2c1. The van der Waals surface area contributed by atoms with Gasteiger partial charge in [-0.3, -0.25) is 0 Å². The lowest BCUT2D eigenvalue weighted by Crippen LogP contribution is -2.25. The lowest BCUT2D eigenvalue weighted by atomic mass is 10.1. The molecule has 1 aliphatic rings. The Kier molecular flexibility index (Phi) is 2.69. The molecule has 17 heavy (non-hydrogen) atoms. The van der Waals surface area contributed by atoms with Crippen LogP contribution < -0.4 is 9.30 Å². The van der Waals surface area contributed by atoms with E-state index in [-0.39, 0.29) is 6.10 Å². The second-order valence-electron chi connectivity index (χ2n) is 4.50. The lowest BCUT2D eigenvalue weighted by molar-refractivity contribution is -0.670. The number of hydrogen-bond acceptors (Lipinski definition) is 2. The zero-order chi connectivity index (χ0) is 11.7. The van der Waals surface area contributed by atoms with Gasteiger partial charge in [0.05, 0.1) is 13.2 Å². The Hall–Kier alpha value is -1.61. The van der Waals surface area contributed by atoms with Crippen LogP contribution in [0.3, 0.4) is 0 Å². The first-order valence-electron chi connectivity index (χ1n) is 5.95. The highest BCUT2D eigenvalue weighted by Crippen LogP contribution is 2.22. The molecule has 1 saturated heterocycles. The molecular weight excluding hydrogens is 214 g/mol. The minimum Gasteiger partial charge on any atom is -0.488 e. The van der Waals surface area contributed by atoms with E-state index in [1.54, 1.807) is 0 Å². The Morgan fingerprint density at radius 1 is 1.29 bits per heavy atom. The number of fused-ring (bicyclic) bond motifs is 1. The van der Waals surface area contributed by atoms with Crippen molar-refractivity contribution in [2.45, 2.75) is 12.5 Å². The van der Waals surface area contributed by atoms with Crippen LogP contribution in [-0.4, -0.2) is 19.3 Å². The summed E-state index contributed by atoms with van der Waals surface area (Å²) in [5.74, 6) is 0.932. The summed E-state index contributed by atoms with van der Waals surface area (Å²) in [6.45, 7) is 1.52. The van der Waals surface area contributed by atoms with Crippen LogP contribution in [0.2, 0.25) is 0 Å². The van der Waals surface area contributed by atoms with Gasteiger partial charge in [0.1, 0.15) is 18.9 Å². The maximum atomic E-state index is 5.88. The fourth-order valence-corrected chi connectivity index (χ4v) is 2.15. The molecule has 2 heterocycles. The minimum absolute atomic E-state index is 0.215. The highest BCUT2D eigenvalue weighted by Gasteiger charge is 2.17. The summed E-state index contributed by atoms with van der Waals surface area (Å²) in [5, 5.41) is 2.43. The third-order valence-electron chi connectivity index (χ3n) is 3.08. The van der Waals surface area contributed by atoms with E-state index in [4.69, 9.17) is 9.47 Å². The molecule has 1 aromatic carbocycles. The van der Waals surface area contributed by atoms with E-state index in [1.165, 1.54) is 10.8 Å². The molecule has 0 spiro atoms. The fourth-order valence-electron chi connectivity index (χ4n) is 2.15. The molecule has 3 nitrogen and oxygen atoms in total. The average Bonchev–Trinajstić information content (AvgIpc) is 2.82. The molecule has 0 N–H and O–H groups in total. The summed E-state index contributed by atoms with van der Waals surface area (Å²) >= 11 is 0. The highest BCUT2D eigenvalue weighted by atomic mass is 16.5. The van der Waals surface area contributed by atoms with Crippen molar-refractivity contribution in [2.75, 3.05) is 13.2 Å². The fraction of sp³-hybridized carbons (Fsp3) is 0.357. The summed E-state index contributed by atoms with van der Waals surface area (Å²) in [6.07, 6.45) is 5.36.